The molecule has 3 atom stereocenters. The Balaban J connectivity index is 2.23. The largest absolute Gasteiger partial charge is 0.390 e. The molecule has 0 aromatic heterocycles. The molecule has 1 aromatic rings. The minimum absolute atomic E-state index is 0.181. The van der Waals surface area contributed by atoms with Crippen molar-refractivity contribution in [3.63, 3.8) is 0 Å². The summed E-state index contributed by atoms with van der Waals surface area (Å²) in [7, 11) is 1.70. The fraction of sp³-hybridized carbons (Fsp3) is 0.529. The van der Waals surface area contributed by atoms with Gasteiger partial charge in [-0.2, -0.15) is 0 Å². The molecule has 0 fully saturated rings. The maximum absolute atomic E-state index is 10.0. The van der Waals surface area contributed by atoms with Gasteiger partial charge in [0.15, 0.2) is 0 Å². The Labute approximate surface area is 122 Å². The lowest BCUT2D eigenvalue weighted by Crippen LogP contribution is -2.25. The van der Waals surface area contributed by atoms with Crippen molar-refractivity contribution in [2.45, 2.75) is 51.6 Å². The Bertz CT molecular complexity index is 375. The minimum atomic E-state index is -0.479. The van der Waals surface area contributed by atoms with Crippen molar-refractivity contribution in [1.29, 1.82) is 0 Å². The highest BCUT2D eigenvalue weighted by Gasteiger charge is 2.13. The van der Waals surface area contributed by atoms with Crippen molar-refractivity contribution in [3.05, 3.63) is 48.0 Å². The first-order valence-electron chi connectivity index (χ1n) is 7.15. The molecule has 0 bridgehead atoms. The average Bonchev–Trinajstić information content (AvgIpc) is 2.49. The summed E-state index contributed by atoms with van der Waals surface area (Å²) in [5.74, 6) is 0. The standard InChI is InChI=1S/C17H26O3/c1-14(19-3)9-7-8-12-17(18)15(2)20-13-16-10-5-4-6-11-16/h4-8,10-11,14-15,17-18H,9,12-13H2,1-3H3/b8-7-/t14-,15+,17-/m1/s1. The van der Waals surface area contributed by atoms with Crippen LogP contribution in [0.15, 0.2) is 42.5 Å². The Kier molecular flexibility index (Phi) is 8.19. The van der Waals surface area contributed by atoms with Crippen molar-refractivity contribution in [3.8, 4) is 0 Å². The molecule has 0 unspecified atom stereocenters. The first-order valence-corrected chi connectivity index (χ1v) is 7.15. The Hall–Kier alpha value is -1.16. The van der Waals surface area contributed by atoms with E-state index in [0.29, 0.717) is 13.0 Å². The highest BCUT2D eigenvalue weighted by molar-refractivity contribution is 5.13. The third-order valence-electron chi connectivity index (χ3n) is 3.31. The van der Waals surface area contributed by atoms with E-state index >= 15 is 0 Å². The van der Waals surface area contributed by atoms with Gasteiger partial charge < -0.3 is 14.6 Å². The van der Waals surface area contributed by atoms with Gasteiger partial charge in [0.25, 0.3) is 0 Å². The van der Waals surface area contributed by atoms with Crippen LogP contribution < -0.4 is 0 Å². The summed E-state index contributed by atoms with van der Waals surface area (Å²) in [5.41, 5.74) is 1.12. The molecule has 0 aliphatic heterocycles. The molecule has 0 heterocycles. The van der Waals surface area contributed by atoms with E-state index in [9.17, 15) is 5.11 Å². The Morgan fingerprint density at radius 2 is 1.75 bits per heavy atom. The quantitative estimate of drug-likeness (QED) is 0.704. The van der Waals surface area contributed by atoms with E-state index in [0.717, 1.165) is 12.0 Å². The fourth-order valence-corrected chi connectivity index (χ4v) is 1.72. The molecule has 1 aromatic carbocycles. The van der Waals surface area contributed by atoms with Crippen LogP contribution in [-0.4, -0.2) is 30.5 Å². The van der Waals surface area contributed by atoms with Gasteiger partial charge in [-0.3, -0.25) is 0 Å². The lowest BCUT2D eigenvalue weighted by molar-refractivity contribution is -0.0333. The molecular formula is C17H26O3. The summed E-state index contributed by atoms with van der Waals surface area (Å²) in [6, 6.07) is 9.99. The number of rotatable bonds is 9. The van der Waals surface area contributed by atoms with Gasteiger partial charge in [0.1, 0.15) is 0 Å². The second-order valence-corrected chi connectivity index (χ2v) is 5.06. The van der Waals surface area contributed by atoms with Crippen LogP contribution in [-0.2, 0) is 16.1 Å². The number of methoxy groups -OCH3 is 1. The number of ether oxygens (including phenoxy) is 2. The van der Waals surface area contributed by atoms with E-state index in [1.807, 2.05) is 56.3 Å². The smallest absolute Gasteiger partial charge is 0.0833 e. The van der Waals surface area contributed by atoms with Gasteiger partial charge >= 0.3 is 0 Å². The maximum Gasteiger partial charge on any atom is 0.0833 e. The van der Waals surface area contributed by atoms with Crippen LogP contribution in [0.5, 0.6) is 0 Å². The Morgan fingerprint density at radius 3 is 2.40 bits per heavy atom. The highest BCUT2D eigenvalue weighted by Crippen LogP contribution is 2.09. The average molecular weight is 278 g/mol. The van der Waals surface area contributed by atoms with Crippen molar-refractivity contribution in [2.24, 2.45) is 0 Å². The first-order chi connectivity index (χ1) is 9.63. The van der Waals surface area contributed by atoms with Crippen LogP contribution in [0.3, 0.4) is 0 Å². The monoisotopic (exact) mass is 278 g/mol. The van der Waals surface area contributed by atoms with Crippen molar-refractivity contribution >= 4 is 0 Å². The summed E-state index contributed by atoms with van der Waals surface area (Å²) < 4.78 is 10.8. The molecule has 0 radical (unpaired) electrons. The normalized spacial score (nSPS) is 16.2. The van der Waals surface area contributed by atoms with E-state index in [1.54, 1.807) is 7.11 Å². The zero-order valence-electron chi connectivity index (χ0n) is 12.7. The topological polar surface area (TPSA) is 38.7 Å². The highest BCUT2D eigenvalue weighted by atomic mass is 16.5. The lowest BCUT2D eigenvalue weighted by Gasteiger charge is -2.18. The van der Waals surface area contributed by atoms with Crippen LogP contribution in [0.4, 0.5) is 0 Å². The zero-order chi connectivity index (χ0) is 14.8. The van der Waals surface area contributed by atoms with Gasteiger partial charge in [0.2, 0.25) is 0 Å². The summed E-state index contributed by atoms with van der Waals surface area (Å²) in [5, 5.41) is 10.0. The second-order valence-electron chi connectivity index (χ2n) is 5.06. The van der Waals surface area contributed by atoms with Crippen molar-refractivity contribution in [1.82, 2.24) is 0 Å². The predicted octanol–water partition coefficient (Wildman–Crippen LogP) is 3.32. The van der Waals surface area contributed by atoms with Crippen molar-refractivity contribution in [2.75, 3.05) is 7.11 Å². The number of hydrogen-bond acceptors (Lipinski definition) is 3. The number of benzene rings is 1. The third kappa shape index (κ3) is 6.85. The first kappa shape index (κ1) is 16.9. The van der Waals surface area contributed by atoms with E-state index in [-0.39, 0.29) is 12.2 Å². The van der Waals surface area contributed by atoms with Crippen LogP contribution in [0.25, 0.3) is 0 Å². The molecule has 0 aliphatic rings. The summed E-state index contributed by atoms with van der Waals surface area (Å²) in [6.07, 6.45) is 5.06. The molecule has 112 valence electrons. The van der Waals surface area contributed by atoms with Gasteiger partial charge in [0, 0.05) is 7.11 Å². The maximum atomic E-state index is 10.0. The number of hydrogen-bond donors (Lipinski definition) is 1. The van der Waals surface area contributed by atoms with E-state index in [1.165, 1.54) is 0 Å². The van der Waals surface area contributed by atoms with Crippen LogP contribution >= 0.6 is 0 Å². The molecule has 0 spiro atoms. The summed E-state index contributed by atoms with van der Waals surface area (Å²) in [4.78, 5) is 0. The van der Waals surface area contributed by atoms with Crippen LogP contribution in [0.2, 0.25) is 0 Å². The van der Waals surface area contributed by atoms with Gasteiger partial charge in [-0.1, -0.05) is 42.5 Å². The molecule has 1 rings (SSSR count). The van der Waals surface area contributed by atoms with Gasteiger partial charge in [-0.05, 0) is 32.3 Å². The van der Waals surface area contributed by atoms with Crippen LogP contribution in [0.1, 0.15) is 32.3 Å². The molecule has 1 N–H and O–H groups in total. The van der Waals surface area contributed by atoms with Crippen molar-refractivity contribution < 1.29 is 14.6 Å². The Morgan fingerprint density at radius 1 is 1.10 bits per heavy atom. The number of aliphatic hydroxyl groups excluding tert-OH is 1. The molecule has 0 saturated carbocycles. The van der Waals surface area contributed by atoms with E-state index < -0.39 is 6.10 Å². The molecule has 0 amide bonds. The molecule has 0 aliphatic carbocycles. The molecule has 20 heavy (non-hydrogen) atoms. The van der Waals surface area contributed by atoms with E-state index in [4.69, 9.17) is 9.47 Å². The SMILES string of the molecule is CO[C@H](C)C/C=C\C[C@@H](O)[C@H](C)OCc1ccccc1. The minimum Gasteiger partial charge on any atom is -0.390 e. The third-order valence-corrected chi connectivity index (χ3v) is 3.31. The van der Waals surface area contributed by atoms with Crippen LogP contribution in [0, 0.1) is 0 Å². The van der Waals surface area contributed by atoms with Gasteiger partial charge in [-0.25, -0.2) is 0 Å². The molecular weight excluding hydrogens is 252 g/mol. The van der Waals surface area contributed by atoms with Gasteiger partial charge in [-0.15, -0.1) is 0 Å². The molecule has 0 saturated heterocycles. The lowest BCUT2D eigenvalue weighted by atomic mass is 10.1. The van der Waals surface area contributed by atoms with E-state index in [2.05, 4.69) is 0 Å². The number of aliphatic hydroxyl groups is 1. The summed E-state index contributed by atoms with van der Waals surface area (Å²) in [6.45, 7) is 4.45. The zero-order valence-corrected chi connectivity index (χ0v) is 12.7. The predicted molar refractivity (Wildman–Crippen MR) is 81.5 cm³/mol. The second kappa shape index (κ2) is 9.70. The van der Waals surface area contributed by atoms with Gasteiger partial charge in [0.05, 0.1) is 24.9 Å². The molecule has 3 heteroatoms. The fourth-order valence-electron chi connectivity index (χ4n) is 1.72. The molecule has 3 nitrogen and oxygen atoms in total. The summed E-state index contributed by atoms with van der Waals surface area (Å²) >= 11 is 0.